The van der Waals surface area contributed by atoms with Crippen molar-refractivity contribution in [1.82, 2.24) is 29.8 Å². The highest BCUT2D eigenvalue weighted by atomic mass is 19.4. The van der Waals surface area contributed by atoms with Crippen molar-refractivity contribution in [2.45, 2.75) is 25.1 Å². The number of halogens is 3. The van der Waals surface area contributed by atoms with Gasteiger partial charge in [0.1, 0.15) is 5.56 Å². The van der Waals surface area contributed by atoms with Gasteiger partial charge < -0.3 is 15.6 Å². The number of nitrogens with one attached hydrogen (secondary N) is 1. The van der Waals surface area contributed by atoms with Gasteiger partial charge in [-0.25, -0.2) is 19.9 Å². The maximum Gasteiger partial charge on any atom is 0.419 e. The standard InChI is InChI=1S/C18H18F3N7/c19-18(20,21)13-9-26-17(22)27-15(13)11-7-14(16-24-5-2-6-25-16)28(10-11)12-3-1-4-23-8-12/h2,5-7,9-10,12,23H,1,3-4,8H2,(H2,22,26,27). The van der Waals surface area contributed by atoms with Crippen LogP contribution < -0.4 is 11.1 Å². The van der Waals surface area contributed by atoms with Crippen molar-refractivity contribution < 1.29 is 13.2 Å². The summed E-state index contributed by atoms with van der Waals surface area (Å²) in [5.41, 5.74) is 5.33. The van der Waals surface area contributed by atoms with Gasteiger partial charge in [-0.2, -0.15) is 13.2 Å². The number of hydrogen-bond donors (Lipinski definition) is 2. The van der Waals surface area contributed by atoms with Crippen molar-refractivity contribution in [2.24, 2.45) is 0 Å². The van der Waals surface area contributed by atoms with Crippen LogP contribution in [0.5, 0.6) is 0 Å². The number of nitrogen functional groups attached to an aromatic ring is 1. The van der Waals surface area contributed by atoms with Gasteiger partial charge in [0.05, 0.1) is 11.4 Å². The molecular formula is C18H18F3N7. The van der Waals surface area contributed by atoms with Crippen molar-refractivity contribution in [2.75, 3.05) is 18.8 Å². The summed E-state index contributed by atoms with van der Waals surface area (Å²) in [4.78, 5) is 15.9. The van der Waals surface area contributed by atoms with Gasteiger partial charge in [-0.1, -0.05) is 0 Å². The molecule has 0 bridgehead atoms. The van der Waals surface area contributed by atoms with Crippen molar-refractivity contribution in [3.63, 3.8) is 0 Å². The Hall–Kier alpha value is -3.01. The molecule has 0 saturated carbocycles. The van der Waals surface area contributed by atoms with E-state index in [1.54, 1.807) is 30.7 Å². The first kappa shape index (κ1) is 18.4. The van der Waals surface area contributed by atoms with Crippen LogP contribution in [0.25, 0.3) is 22.8 Å². The quantitative estimate of drug-likeness (QED) is 0.715. The molecule has 1 atom stereocenters. The summed E-state index contributed by atoms with van der Waals surface area (Å²) in [6, 6.07) is 3.39. The van der Waals surface area contributed by atoms with Gasteiger partial charge in [-0.05, 0) is 31.5 Å². The molecule has 0 amide bonds. The van der Waals surface area contributed by atoms with Gasteiger partial charge in [-0.3, -0.25) is 0 Å². The third kappa shape index (κ3) is 3.55. The van der Waals surface area contributed by atoms with Crippen molar-refractivity contribution in [3.05, 3.63) is 42.5 Å². The first-order valence-electron chi connectivity index (χ1n) is 8.83. The SMILES string of the molecule is Nc1ncc(C(F)(F)F)c(-c2cc(-c3ncccn3)n(C3CCCNC3)c2)n1. The molecule has 1 fully saturated rings. The molecule has 28 heavy (non-hydrogen) atoms. The number of piperidine rings is 1. The molecule has 1 aliphatic heterocycles. The van der Waals surface area contributed by atoms with Crippen LogP contribution in [0.15, 0.2) is 36.9 Å². The van der Waals surface area contributed by atoms with Gasteiger partial charge in [0, 0.05) is 42.9 Å². The molecule has 3 N–H and O–H groups in total. The second kappa shape index (κ2) is 7.19. The summed E-state index contributed by atoms with van der Waals surface area (Å²) in [6.07, 6.45) is 2.86. The predicted molar refractivity (Wildman–Crippen MR) is 97.0 cm³/mol. The van der Waals surface area contributed by atoms with Crippen LogP contribution in [0.1, 0.15) is 24.4 Å². The van der Waals surface area contributed by atoms with E-state index >= 15 is 0 Å². The second-order valence-electron chi connectivity index (χ2n) is 6.58. The minimum absolute atomic E-state index is 0.0785. The first-order chi connectivity index (χ1) is 13.4. The second-order valence-corrected chi connectivity index (χ2v) is 6.58. The molecule has 4 heterocycles. The van der Waals surface area contributed by atoms with Gasteiger partial charge in [0.15, 0.2) is 5.82 Å². The fourth-order valence-electron chi connectivity index (χ4n) is 3.42. The number of anilines is 1. The molecule has 7 nitrogen and oxygen atoms in total. The number of alkyl halides is 3. The predicted octanol–water partition coefficient (Wildman–Crippen LogP) is 2.93. The number of nitrogens with two attached hydrogens (primary N) is 1. The van der Waals surface area contributed by atoms with Crippen molar-refractivity contribution in [1.29, 1.82) is 0 Å². The summed E-state index contributed by atoms with van der Waals surface area (Å²) >= 11 is 0. The van der Waals surface area contributed by atoms with Crippen LogP contribution in [0.4, 0.5) is 19.1 Å². The first-order valence-corrected chi connectivity index (χ1v) is 8.83. The Kier molecular flexibility index (Phi) is 4.71. The van der Waals surface area contributed by atoms with Crippen LogP contribution in [0, 0.1) is 0 Å². The fourth-order valence-corrected chi connectivity index (χ4v) is 3.42. The van der Waals surface area contributed by atoms with Gasteiger partial charge >= 0.3 is 6.18 Å². The molecule has 4 rings (SSSR count). The average Bonchev–Trinajstić information content (AvgIpc) is 3.14. The molecule has 1 aliphatic rings. The summed E-state index contributed by atoms with van der Waals surface area (Å²) in [5.74, 6) is 0.225. The maximum absolute atomic E-state index is 13.5. The third-order valence-corrected chi connectivity index (χ3v) is 4.69. The van der Waals surface area contributed by atoms with E-state index in [4.69, 9.17) is 5.73 Å². The van der Waals surface area contributed by atoms with E-state index in [2.05, 4.69) is 25.3 Å². The monoisotopic (exact) mass is 389 g/mol. The minimum atomic E-state index is -4.60. The maximum atomic E-state index is 13.5. The molecule has 1 unspecified atom stereocenters. The Bertz CT molecular complexity index is 963. The summed E-state index contributed by atoms with van der Waals surface area (Å²) in [7, 11) is 0. The summed E-state index contributed by atoms with van der Waals surface area (Å²) in [5, 5.41) is 3.32. The summed E-state index contributed by atoms with van der Waals surface area (Å²) in [6.45, 7) is 1.63. The van der Waals surface area contributed by atoms with Crippen LogP contribution >= 0.6 is 0 Å². The molecule has 3 aromatic rings. The van der Waals surface area contributed by atoms with E-state index < -0.39 is 11.7 Å². The molecule has 0 aromatic carbocycles. The zero-order valence-corrected chi connectivity index (χ0v) is 14.8. The van der Waals surface area contributed by atoms with Crippen LogP contribution in [0.2, 0.25) is 0 Å². The Labute approximate surface area is 158 Å². The highest BCUT2D eigenvalue weighted by molar-refractivity contribution is 5.70. The molecular weight excluding hydrogens is 371 g/mol. The Balaban J connectivity index is 1.88. The lowest BCUT2D eigenvalue weighted by Gasteiger charge is -2.26. The van der Waals surface area contributed by atoms with Crippen LogP contribution in [-0.4, -0.2) is 37.6 Å². The van der Waals surface area contributed by atoms with Crippen LogP contribution in [0.3, 0.4) is 0 Å². The summed E-state index contributed by atoms with van der Waals surface area (Å²) < 4.78 is 42.4. The number of hydrogen-bond acceptors (Lipinski definition) is 6. The van der Waals surface area contributed by atoms with E-state index in [0.717, 1.165) is 25.6 Å². The largest absolute Gasteiger partial charge is 0.419 e. The average molecular weight is 389 g/mol. The van der Waals surface area contributed by atoms with Gasteiger partial charge in [0.2, 0.25) is 5.95 Å². The Morgan fingerprint density at radius 3 is 2.64 bits per heavy atom. The highest BCUT2D eigenvalue weighted by Crippen LogP contribution is 2.38. The molecule has 10 heteroatoms. The number of rotatable bonds is 3. The Morgan fingerprint density at radius 1 is 1.18 bits per heavy atom. The number of nitrogens with zero attached hydrogens (tertiary/aromatic N) is 5. The van der Waals surface area contributed by atoms with Gasteiger partial charge in [-0.15, -0.1) is 0 Å². The zero-order chi connectivity index (χ0) is 19.7. The number of aromatic nitrogens is 5. The van der Waals surface area contributed by atoms with E-state index in [-0.39, 0.29) is 17.7 Å². The minimum Gasteiger partial charge on any atom is -0.368 e. The molecule has 0 aliphatic carbocycles. The fraction of sp³-hybridized carbons (Fsp3) is 0.333. The lowest BCUT2D eigenvalue weighted by atomic mass is 10.1. The normalized spacial score (nSPS) is 17.6. The van der Waals surface area contributed by atoms with E-state index in [9.17, 15) is 13.2 Å². The zero-order valence-electron chi connectivity index (χ0n) is 14.8. The molecule has 0 radical (unpaired) electrons. The lowest BCUT2D eigenvalue weighted by molar-refractivity contribution is -0.137. The van der Waals surface area contributed by atoms with Crippen LogP contribution in [-0.2, 0) is 6.18 Å². The Morgan fingerprint density at radius 2 is 1.96 bits per heavy atom. The van der Waals surface area contributed by atoms with Crippen molar-refractivity contribution >= 4 is 5.95 Å². The molecule has 0 spiro atoms. The topological polar surface area (TPSA) is 94.5 Å². The van der Waals surface area contributed by atoms with Crippen molar-refractivity contribution in [3.8, 4) is 22.8 Å². The molecule has 146 valence electrons. The third-order valence-electron chi connectivity index (χ3n) is 4.69. The molecule has 1 saturated heterocycles. The van der Waals surface area contributed by atoms with E-state index in [1.165, 1.54) is 0 Å². The highest BCUT2D eigenvalue weighted by Gasteiger charge is 2.36. The molecule has 3 aromatic heterocycles. The van der Waals surface area contributed by atoms with E-state index in [1.807, 2.05) is 4.57 Å². The van der Waals surface area contributed by atoms with E-state index in [0.29, 0.717) is 23.6 Å². The smallest absolute Gasteiger partial charge is 0.368 e. The lowest BCUT2D eigenvalue weighted by Crippen LogP contribution is -2.31. The van der Waals surface area contributed by atoms with Gasteiger partial charge in [0.25, 0.3) is 0 Å².